The van der Waals surface area contributed by atoms with Crippen LogP contribution in [0.5, 0.6) is 0 Å². The van der Waals surface area contributed by atoms with Crippen molar-refractivity contribution < 1.29 is 22.4 Å². The van der Waals surface area contributed by atoms with Crippen LogP contribution in [0.3, 0.4) is 0 Å². The Kier molecular flexibility index (Phi) is 6.32. The predicted octanol–water partition coefficient (Wildman–Crippen LogP) is 2.43. The molecule has 0 radical (unpaired) electrons. The second-order valence-electron chi connectivity index (χ2n) is 9.13. The van der Waals surface area contributed by atoms with Gasteiger partial charge >= 0.3 is 0 Å². The van der Waals surface area contributed by atoms with Gasteiger partial charge in [0.05, 0.1) is 16.8 Å². The maximum absolute atomic E-state index is 15.3. The molecule has 2 heterocycles. The molecule has 4 aromatic rings. The number of sulfone groups is 1. The van der Waals surface area contributed by atoms with Gasteiger partial charge in [-0.2, -0.15) is 0 Å². The summed E-state index contributed by atoms with van der Waals surface area (Å²) in [6.45, 7) is -0.356. The Balaban J connectivity index is 1.53. The average molecular weight is 543 g/mol. The molecule has 2 N–H and O–H groups in total. The van der Waals surface area contributed by atoms with Gasteiger partial charge < -0.3 is 15.2 Å². The van der Waals surface area contributed by atoms with Crippen molar-refractivity contribution in [2.24, 2.45) is 7.05 Å². The standard InChI is InChI=1S/C25H23FN4O5S2/c1-30-12-17(14-5-3-4-6-15(14)25(30)33)16-9-19-20(10-18(16)26)36-24(29-19)22(37(2,34)35)23(32)27-11-21(31)28-13-7-8-13/h3-6,9-10,12-13,22H,7-8,11H2,1-2H3,(H,27,32)(H,28,31). The first-order valence-electron chi connectivity index (χ1n) is 11.5. The average Bonchev–Trinajstić information content (AvgIpc) is 3.56. The van der Waals surface area contributed by atoms with Crippen molar-refractivity contribution in [1.82, 2.24) is 20.2 Å². The number of carbonyl (C=O) groups excluding carboxylic acids is 2. The third-order valence-corrected chi connectivity index (χ3v) is 8.66. The molecule has 0 saturated heterocycles. The van der Waals surface area contributed by atoms with E-state index in [0.29, 0.717) is 26.6 Å². The summed E-state index contributed by atoms with van der Waals surface area (Å²) in [6.07, 6.45) is 4.22. The lowest BCUT2D eigenvalue weighted by atomic mass is 10.00. The number of thiazole rings is 1. The minimum atomic E-state index is -3.96. The molecular weight excluding hydrogens is 519 g/mol. The smallest absolute Gasteiger partial charge is 0.258 e. The van der Waals surface area contributed by atoms with Gasteiger partial charge in [0.15, 0.2) is 15.1 Å². The third-order valence-electron chi connectivity index (χ3n) is 6.13. The fourth-order valence-corrected chi connectivity index (χ4v) is 6.69. The van der Waals surface area contributed by atoms with Crippen molar-refractivity contribution in [2.75, 3.05) is 12.8 Å². The van der Waals surface area contributed by atoms with Crippen LogP contribution in [0.4, 0.5) is 4.39 Å². The molecule has 12 heteroatoms. The number of fused-ring (bicyclic) bond motifs is 2. The summed E-state index contributed by atoms with van der Waals surface area (Å²) in [5.41, 5.74) is 0.755. The number of benzene rings is 2. The zero-order valence-corrected chi connectivity index (χ0v) is 21.6. The van der Waals surface area contributed by atoms with E-state index in [1.807, 2.05) is 0 Å². The van der Waals surface area contributed by atoms with E-state index < -0.39 is 32.7 Å². The number of rotatable bonds is 7. The molecule has 1 fully saturated rings. The van der Waals surface area contributed by atoms with E-state index in [-0.39, 0.29) is 28.7 Å². The summed E-state index contributed by atoms with van der Waals surface area (Å²) in [7, 11) is -2.38. The fraction of sp³-hybridized carbons (Fsp3) is 0.280. The number of pyridine rings is 1. The predicted molar refractivity (Wildman–Crippen MR) is 140 cm³/mol. The Bertz CT molecular complexity index is 1740. The van der Waals surface area contributed by atoms with Crippen LogP contribution in [-0.4, -0.2) is 48.6 Å². The van der Waals surface area contributed by atoms with Crippen LogP contribution in [0, 0.1) is 5.82 Å². The van der Waals surface area contributed by atoms with Crippen molar-refractivity contribution in [3.63, 3.8) is 0 Å². The molecule has 0 bridgehead atoms. The quantitative estimate of drug-likeness (QED) is 0.369. The van der Waals surface area contributed by atoms with E-state index in [1.54, 1.807) is 37.5 Å². The van der Waals surface area contributed by atoms with Gasteiger partial charge in [-0.25, -0.2) is 17.8 Å². The second-order valence-corrected chi connectivity index (χ2v) is 12.3. The zero-order valence-electron chi connectivity index (χ0n) is 19.9. The highest BCUT2D eigenvalue weighted by Crippen LogP contribution is 2.36. The number of aromatic nitrogens is 2. The maximum atomic E-state index is 15.3. The lowest BCUT2D eigenvalue weighted by molar-refractivity contribution is -0.126. The Morgan fingerprint density at radius 1 is 1.19 bits per heavy atom. The molecule has 37 heavy (non-hydrogen) atoms. The van der Waals surface area contributed by atoms with Gasteiger partial charge in [-0.05, 0) is 36.4 Å². The summed E-state index contributed by atoms with van der Waals surface area (Å²) in [6, 6.07) is 9.70. The first-order valence-corrected chi connectivity index (χ1v) is 14.2. The summed E-state index contributed by atoms with van der Waals surface area (Å²) in [5.74, 6) is -1.86. The maximum Gasteiger partial charge on any atom is 0.258 e. The molecule has 1 atom stereocenters. The molecule has 0 aliphatic heterocycles. The normalized spacial score (nSPS) is 14.6. The second kappa shape index (κ2) is 9.34. The zero-order chi connectivity index (χ0) is 26.5. The molecule has 1 aliphatic rings. The number of nitrogens with zero attached hydrogens (tertiary/aromatic N) is 2. The van der Waals surface area contributed by atoms with E-state index in [9.17, 15) is 22.8 Å². The van der Waals surface area contributed by atoms with Crippen LogP contribution in [0.15, 0.2) is 47.4 Å². The minimum Gasteiger partial charge on any atom is -0.352 e. The van der Waals surface area contributed by atoms with Gasteiger partial charge in [0.2, 0.25) is 11.8 Å². The largest absolute Gasteiger partial charge is 0.352 e. The molecule has 2 aromatic carbocycles. The number of amides is 2. The van der Waals surface area contributed by atoms with Crippen LogP contribution in [0.1, 0.15) is 23.1 Å². The summed E-state index contributed by atoms with van der Waals surface area (Å²) >= 11 is 0.896. The SMILES string of the molecule is Cn1cc(-c2cc3nc(C(C(=O)NCC(=O)NC4CC4)S(C)(=O)=O)sc3cc2F)c2ccccc2c1=O. The van der Waals surface area contributed by atoms with Crippen molar-refractivity contribution in [1.29, 1.82) is 0 Å². The van der Waals surface area contributed by atoms with Gasteiger partial charge in [0, 0.05) is 42.1 Å². The molecule has 1 aliphatic carbocycles. The monoisotopic (exact) mass is 542 g/mol. The van der Waals surface area contributed by atoms with Gasteiger partial charge in [0.1, 0.15) is 10.8 Å². The van der Waals surface area contributed by atoms with Crippen molar-refractivity contribution in [3.05, 3.63) is 63.8 Å². The Hall–Kier alpha value is -3.64. The van der Waals surface area contributed by atoms with E-state index in [4.69, 9.17) is 0 Å². The molecule has 5 rings (SSSR count). The molecule has 1 saturated carbocycles. The topological polar surface area (TPSA) is 127 Å². The van der Waals surface area contributed by atoms with Crippen molar-refractivity contribution in [2.45, 2.75) is 24.1 Å². The minimum absolute atomic E-state index is 0.0283. The lowest BCUT2D eigenvalue weighted by Gasteiger charge is -2.12. The van der Waals surface area contributed by atoms with Crippen LogP contribution < -0.4 is 16.2 Å². The molecule has 192 valence electrons. The van der Waals surface area contributed by atoms with Crippen LogP contribution in [-0.2, 0) is 26.5 Å². The van der Waals surface area contributed by atoms with Gasteiger partial charge in [-0.1, -0.05) is 18.2 Å². The summed E-state index contributed by atoms with van der Waals surface area (Å²) in [4.78, 5) is 41.7. The Morgan fingerprint density at radius 3 is 2.57 bits per heavy atom. The van der Waals surface area contributed by atoms with E-state index >= 15 is 4.39 Å². The molecule has 2 aromatic heterocycles. The number of hydrogen-bond acceptors (Lipinski definition) is 7. The Morgan fingerprint density at radius 2 is 1.89 bits per heavy atom. The first-order chi connectivity index (χ1) is 17.5. The molecule has 9 nitrogen and oxygen atoms in total. The summed E-state index contributed by atoms with van der Waals surface area (Å²) < 4.78 is 42.2. The number of carbonyl (C=O) groups is 2. The van der Waals surface area contributed by atoms with Crippen LogP contribution in [0.2, 0.25) is 0 Å². The lowest BCUT2D eigenvalue weighted by Crippen LogP contribution is -2.41. The van der Waals surface area contributed by atoms with Crippen molar-refractivity contribution >= 4 is 54.0 Å². The first kappa shape index (κ1) is 25.0. The van der Waals surface area contributed by atoms with Gasteiger partial charge in [-0.3, -0.25) is 14.4 Å². The van der Waals surface area contributed by atoms with Crippen LogP contribution >= 0.6 is 11.3 Å². The van der Waals surface area contributed by atoms with E-state index in [0.717, 1.165) is 30.4 Å². The number of aryl methyl sites for hydroxylation is 1. The molecular formula is C25H23FN4O5S2. The number of halogens is 1. The number of hydrogen-bond donors (Lipinski definition) is 2. The van der Waals surface area contributed by atoms with Crippen molar-refractivity contribution in [3.8, 4) is 11.1 Å². The number of nitrogens with one attached hydrogen (secondary N) is 2. The highest BCUT2D eigenvalue weighted by atomic mass is 32.2. The van der Waals surface area contributed by atoms with Gasteiger partial charge in [-0.15, -0.1) is 11.3 Å². The van der Waals surface area contributed by atoms with Crippen LogP contribution in [0.25, 0.3) is 32.1 Å². The molecule has 0 spiro atoms. The highest BCUT2D eigenvalue weighted by molar-refractivity contribution is 7.91. The summed E-state index contributed by atoms with van der Waals surface area (Å²) in [5, 5.41) is 4.41. The fourth-order valence-electron chi connectivity index (χ4n) is 4.17. The van der Waals surface area contributed by atoms with Gasteiger partial charge in [0.25, 0.3) is 5.56 Å². The molecule has 1 unspecified atom stereocenters. The van der Waals surface area contributed by atoms with E-state index in [2.05, 4.69) is 15.6 Å². The third kappa shape index (κ3) is 4.98. The molecule has 2 amide bonds. The Labute approximate surface area is 215 Å². The van der Waals surface area contributed by atoms with E-state index in [1.165, 1.54) is 16.7 Å². The highest BCUT2D eigenvalue weighted by Gasteiger charge is 2.34.